The number of aromatic nitrogens is 3. The minimum absolute atomic E-state index is 0.131. The van der Waals surface area contributed by atoms with E-state index < -0.39 is 0 Å². The average Bonchev–Trinajstić information content (AvgIpc) is 3.36. The quantitative estimate of drug-likeness (QED) is 0.326. The summed E-state index contributed by atoms with van der Waals surface area (Å²) in [5.41, 5.74) is 9.72. The zero-order valence-electron chi connectivity index (χ0n) is 25.5. The lowest BCUT2D eigenvalue weighted by Gasteiger charge is -2.36. The highest BCUT2D eigenvalue weighted by atomic mass is 14.7. The summed E-state index contributed by atoms with van der Waals surface area (Å²) in [7, 11) is 0. The maximum atomic E-state index is 4.84. The van der Waals surface area contributed by atoms with E-state index in [9.17, 15) is 0 Å². The van der Waals surface area contributed by atoms with Crippen LogP contribution in [-0.2, 0) is 32.5 Å². The normalized spacial score (nSPS) is 33.5. The van der Waals surface area contributed by atoms with Crippen LogP contribution >= 0.6 is 0 Å². The highest BCUT2D eigenvalue weighted by Gasteiger charge is 2.52. The minimum Gasteiger partial charge on any atom is -0.264 e. The maximum Gasteiger partial charge on any atom is 0.0497 e. The number of nitrogens with zero attached hydrogens (tertiary/aromatic N) is 3. The van der Waals surface area contributed by atoms with Crippen molar-refractivity contribution in [1.29, 1.82) is 0 Å². The first kappa shape index (κ1) is 26.7. The lowest BCUT2D eigenvalue weighted by molar-refractivity contribution is 0.252. The highest BCUT2D eigenvalue weighted by molar-refractivity contribution is 5.46. The van der Waals surface area contributed by atoms with Crippen LogP contribution in [-0.4, -0.2) is 15.0 Å². The van der Waals surface area contributed by atoms with E-state index >= 15 is 0 Å². The van der Waals surface area contributed by atoms with E-state index in [-0.39, 0.29) is 32.5 Å². The van der Waals surface area contributed by atoms with Crippen molar-refractivity contribution in [2.45, 2.75) is 133 Å². The molecule has 0 saturated heterocycles. The van der Waals surface area contributed by atoms with E-state index in [0.29, 0.717) is 0 Å². The maximum absolute atomic E-state index is 4.84. The van der Waals surface area contributed by atoms with Crippen LogP contribution in [0.3, 0.4) is 0 Å². The largest absolute Gasteiger partial charge is 0.264 e. The van der Waals surface area contributed by atoms with Crippen molar-refractivity contribution < 1.29 is 0 Å². The monoisotopic (exact) mass is 521 g/mol. The molecule has 0 radical (unpaired) electrons. The summed E-state index contributed by atoms with van der Waals surface area (Å²) in [4.78, 5) is 14.0. The Morgan fingerprint density at radius 2 is 1.00 bits per heavy atom. The second-order valence-corrected chi connectivity index (χ2v) is 15.8. The van der Waals surface area contributed by atoms with Gasteiger partial charge in [-0.2, -0.15) is 0 Å². The second-order valence-electron chi connectivity index (χ2n) is 15.8. The lowest BCUT2D eigenvalue weighted by Crippen LogP contribution is -2.30. The Hall–Kier alpha value is -2.55. The molecule has 0 aliphatic heterocycles. The molecule has 4 atom stereocenters. The molecule has 0 N–H and O–H groups in total. The van der Waals surface area contributed by atoms with Crippen LogP contribution in [0.2, 0.25) is 0 Å². The molecule has 0 fully saturated rings. The third-order valence-electron chi connectivity index (χ3n) is 11.3. The Morgan fingerprint density at radius 3 is 1.64 bits per heavy atom. The molecule has 0 bridgehead atoms. The van der Waals surface area contributed by atoms with Crippen molar-refractivity contribution in [3.8, 4) is 0 Å². The lowest BCUT2D eigenvalue weighted by atomic mass is 9.68. The van der Waals surface area contributed by atoms with Gasteiger partial charge in [-0.05, 0) is 118 Å². The number of rotatable bonds is 6. The summed E-state index contributed by atoms with van der Waals surface area (Å²) in [6.07, 6.45) is 18.6. The molecule has 3 heterocycles. The molecule has 0 unspecified atom stereocenters. The molecule has 3 aliphatic carbocycles. The third kappa shape index (κ3) is 4.09. The molecule has 3 heteroatoms. The molecular formula is C36H47N3. The van der Waals surface area contributed by atoms with Gasteiger partial charge < -0.3 is 0 Å². The van der Waals surface area contributed by atoms with Crippen LogP contribution in [0.1, 0.15) is 134 Å². The molecule has 3 aromatic heterocycles. The first-order valence-electron chi connectivity index (χ1n) is 15.1. The van der Waals surface area contributed by atoms with Crippen molar-refractivity contribution in [3.63, 3.8) is 0 Å². The van der Waals surface area contributed by atoms with E-state index in [1.807, 2.05) is 18.6 Å². The van der Waals surface area contributed by atoms with Gasteiger partial charge in [0.2, 0.25) is 0 Å². The van der Waals surface area contributed by atoms with Crippen molar-refractivity contribution in [1.82, 2.24) is 15.0 Å². The van der Waals surface area contributed by atoms with Gasteiger partial charge in [0.1, 0.15) is 0 Å². The Bertz CT molecular complexity index is 1320. The van der Waals surface area contributed by atoms with E-state index in [2.05, 4.69) is 102 Å². The number of hydrogen-bond donors (Lipinski definition) is 0. The number of hydrogen-bond acceptors (Lipinski definition) is 3. The van der Waals surface area contributed by atoms with Crippen molar-refractivity contribution in [3.05, 3.63) is 88.8 Å². The Labute approximate surface area is 236 Å². The fraction of sp³-hybridized carbons (Fsp3) is 0.583. The molecule has 0 aromatic carbocycles. The molecule has 0 amide bonds. The van der Waals surface area contributed by atoms with Crippen LogP contribution < -0.4 is 0 Å². The first-order chi connectivity index (χ1) is 18.2. The molecule has 39 heavy (non-hydrogen) atoms. The summed E-state index contributed by atoms with van der Waals surface area (Å²) in [6, 6.07) is 9.09. The topological polar surface area (TPSA) is 38.7 Å². The highest BCUT2D eigenvalue weighted by Crippen LogP contribution is 2.59. The van der Waals surface area contributed by atoms with E-state index in [1.165, 1.54) is 78.5 Å². The molecule has 0 saturated carbocycles. The van der Waals surface area contributed by atoms with E-state index in [4.69, 9.17) is 4.98 Å². The predicted molar refractivity (Wildman–Crippen MR) is 160 cm³/mol. The average molecular weight is 522 g/mol. The van der Waals surface area contributed by atoms with Crippen LogP contribution in [0.4, 0.5) is 0 Å². The summed E-state index contributed by atoms with van der Waals surface area (Å²) in [5, 5.41) is 0. The molecule has 3 nitrogen and oxygen atoms in total. The third-order valence-corrected chi connectivity index (χ3v) is 11.3. The Balaban J connectivity index is 1.26. The van der Waals surface area contributed by atoms with Gasteiger partial charge >= 0.3 is 0 Å². The molecule has 206 valence electrons. The van der Waals surface area contributed by atoms with Crippen LogP contribution in [0, 0.1) is 0 Å². The van der Waals surface area contributed by atoms with Crippen molar-refractivity contribution in [2.24, 2.45) is 0 Å². The fourth-order valence-electron chi connectivity index (χ4n) is 9.66. The zero-order chi connectivity index (χ0) is 27.9. The second kappa shape index (κ2) is 8.48. The van der Waals surface area contributed by atoms with Gasteiger partial charge in [0.15, 0.2) is 0 Å². The molecule has 3 aromatic rings. The molecule has 0 spiro atoms. The first-order valence-corrected chi connectivity index (χ1v) is 15.1. The minimum atomic E-state index is 0.131. The van der Waals surface area contributed by atoms with E-state index in [0.717, 1.165) is 0 Å². The SMILES string of the molecule is CC1(C)C[C@](C)(CC[C@@]2(C)C[C@](C)(CC[C@@]3(C)CC(C)(C)c4ncccc43)c3cnccc32)c2ccncc21. The van der Waals surface area contributed by atoms with Gasteiger partial charge in [0.25, 0.3) is 0 Å². The summed E-state index contributed by atoms with van der Waals surface area (Å²) in [6.45, 7) is 19.6. The van der Waals surface area contributed by atoms with Gasteiger partial charge in [-0.25, -0.2) is 0 Å². The standard InChI is InChI=1S/C36H47N3/c1-31(2)22-33(5,25-11-18-37-20-28(25)31)13-15-35(7)24-36(8,29-21-38-19-12-26(29)35)16-14-34(6)23-32(3,4)30-27(34)10-9-17-39-30/h9-12,17-21H,13-16,22-24H2,1-8H3/t33-,34-,35-,36-/m0/s1. The van der Waals surface area contributed by atoms with Crippen LogP contribution in [0.25, 0.3) is 0 Å². The Kier molecular flexibility index (Phi) is 5.79. The summed E-state index contributed by atoms with van der Waals surface area (Å²) in [5.74, 6) is 0. The van der Waals surface area contributed by atoms with Gasteiger partial charge in [-0.15, -0.1) is 0 Å². The summed E-state index contributed by atoms with van der Waals surface area (Å²) >= 11 is 0. The van der Waals surface area contributed by atoms with Gasteiger partial charge in [0.05, 0.1) is 0 Å². The summed E-state index contributed by atoms with van der Waals surface area (Å²) < 4.78 is 0. The number of pyridine rings is 3. The van der Waals surface area contributed by atoms with Crippen LogP contribution in [0.15, 0.2) is 55.2 Å². The van der Waals surface area contributed by atoms with Gasteiger partial charge in [-0.3, -0.25) is 15.0 Å². The zero-order valence-corrected chi connectivity index (χ0v) is 25.5. The van der Waals surface area contributed by atoms with Crippen LogP contribution in [0.5, 0.6) is 0 Å². The van der Waals surface area contributed by atoms with Crippen molar-refractivity contribution in [2.75, 3.05) is 0 Å². The molecular weight excluding hydrogens is 474 g/mol. The van der Waals surface area contributed by atoms with Crippen molar-refractivity contribution >= 4 is 0 Å². The number of fused-ring (bicyclic) bond motifs is 3. The predicted octanol–water partition coefficient (Wildman–Crippen LogP) is 8.63. The van der Waals surface area contributed by atoms with E-state index in [1.54, 1.807) is 0 Å². The smallest absolute Gasteiger partial charge is 0.0497 e. The molecule has 6 rings (SSSR count). The van der Waals surface area contributed by atoms with Gasteiger partial charge in [-0.1, -0.05) is 61.5 Å². The Morgan fingerprint density at radius 1 is 0.513 bits per heavy atom. The molecule has 3 aliphatic rings. The van der Waals surface area contributed by atoms with Gasteiger partial charge in [0, 0.05) is 42.1 Å². The fourth-order valence-corrected chi connectivity index (χ4v) is 9.66.